The highest BCUT2D eigenvalue weighted by Crippen LogP contribution is 2.61. The van der Waals surface area contributed by atoms with Gasteiger partial charge in [-0.2, -0.15) is 0 Å². The van der Waals surface area contributed by atoms with Gasteiger partial charge in [0, 0.05) is 55.8 Å². The van der Waals surface area contributed by atoms with Gasteiger partial charge in [-0.05, 0) is 204 Å². The fourth-order valence-corrected chi connectivity index (χ4v) is 16.7. The number of fused-ring (bicyclic) bond motifs is 6. The maximum atomic E-state index is 4.04. The molecular weight excluding hydrogens is 1200 g/mol. The molecule has 2 nitrogen and oxygen atoms in total. The van der Waals surface area contributed by atoms with Gasteiger partial charge in [-0.15, -0.1) is 36.7 Å². The summed E-state index contributed by atoms with van der Waals surface area (Å²) in [6, 6.07) is 122. The van der Waals surface area contributed by atoms with Crippen LogP contribution >= 0.6 is 23.5 Å². The predicted molar refractivity (Wildman–Crippen MR) is 410 cm³/mol. The molecule has 3 unspecified atom stereocenters. The molecular formula is C92H70N2S2. The summed E-state index contributed by atoms with van der Waals surface area (Å²) in [4.78, 5) is 6.06. The first-order valence-electron chi connectivity index (χ1n) is 33.2. The van der Waals surface area contributed by atoms with Crippen LogP contribution in [0.25, 0.3) is 55.6 Å². The van der Waals surface area contributed by atoms with Gasteiger partial charge >= 0.3 is 0 Å². The smallest absolute Gasteiger partial charge is 0.0714 e. The van der Waals surface area contributed by atoms with E-state index in [1.165, 1.54) is 93.9 Å². The molecule has 0 N–H and O–H groups in total. The number of thioether (sulfide) groups is 2. The van der Waals surface area contributed by atoms with Crippen LogP contribution in [0.4, 0.5) is 34.1 Å². The second kappa shape index (κ2) is 26.1. The van der Waals surface area contributed by atoms with Gasteiger partial charge in [0.05, 0.1) is 10.8 Å². The molecule has 96 heavy (non-hydrogen) atoms. The second-order valence-corrected chi connectivity index (χ2v) is 27.3. The van der Waals surface area contributed by atoms with Crippen LogP contribution in [0.5, 0.6) is 0 Å². The number of benzene rings is 13. The van der Waals surface area contributed by atoms with Gasteiger partial charge in [0.2, 0.25) is 0 Å². The largest absolute Gasteiger partial charge is 0.310 e. The van der Waals surface area contributed by atoms with Gasteiger partial charge in [-0.25, -0.2) is 0 Å². The fourth-order valence-electron chi connectivity index (χ4n) is 15.3. The zero-order chi connectivity index (χ0) is 64.4. The Kier molecular flexibility index (Phi) is 16.4. The van der Waals surface area contributed by atoms with Crippen molar-refractivity contribution >= 4 is 57.6 Å². The van der Waals surface area contributed by atoms with E-state index in [0.717, 1.165) is 63.2 Å². The molecule has 3 atom stereocenters. The Morgan fingerprint density at radius 1 is 0.333 bits per heavy atom. The molecule has 0 spiro atoms. The van der Waals surface area contributed by atoms with E-state index in [1.807, 2.05) is 35.7 Å². The summed E-state index contributed by atoms with van der Waals surface area (Å²) in [5.41, 5.74) is 27.5. The molecule has 3 aliphatic rings. The van der Waals surface area contributed by atoms with Gasteiger partial charge in [0.25, 0.3) is 0 Å². The maximum absolute atomic E-state index is 4.04. The van der Waals surface area contributed by atoms with Crippen molar-refractivity contribution in [1.29, 1.82) is 0 Å². The molecule has 13 aromatic carbocycles. The molecule has 16 rings (SSSR count). The molecule has 0 bridgehead atoms. The quantitative estimate of drug-likeness (QED) is 0.0588. The lowest BCUT2D eigenvalue weighted by molar-refractivity contribution is 0.753. The van der Waals surface area contributed by atoms with Gasteiger partial charge < -0.3 is 9.80 Å². The van der Waals surface area contributed by atoms with Crippen molar-refractivity contribution in [3.63, 3.8) is 0 Å². The molecule has 0 aromatic heterocycles. The van der Waals surface area contributed by atoms with Crippen molar-refractivity contribution in [2.45, 2.75) is 27.4 Å². The lowest BCUT2D eigenvalue weighted by atomic mass is 9.66. The zero-order valence-corrected chi connectivity index (χ0v) is 55.0. The van der Waals surface area contributed by atoms with Crippen LogP contribution in [0.3, 0.4) is 0 Å². The Labute approximate surface area is 573 Å². The van der Waals surface area contributed by atoms with Crippen LogP contribution in [-0.4, -0.2) is 16.8 Å². The Hall–Kier alpha value is -10.9. The van der Waals surface area contributed by atoms with Gasteiger partial charge in [0.15, 0.2) is 0 Å². The van der Waals surface area contributed by atoms with Crippen molar-refractivity contribution in [2.75, 3.05) is 21.3 Å². The summed E-state index contributed by atoms with van der Waals surface area (Å²) in [6.45, 7) is 8.05. The normalized spacial score (nSPS) is 16.3. The maximum Gasteiger partial charge on any atom is 0.0714 e. The minimum Gasteiger partial charge on any atom is -0.310 e. The first kappa shape index (κ1) is 60.1. The van der Waals surface area contributed by atoms with Gasteiger partial charge in [-0.1, -0.05) is 261 Å². The van der Waals surface area contributed by atoms with E-state index in [9.17, 15) is 0 Å². The molecule has 0 radical (unpaired) electrons. The number of para-hydroxylation sites is 2. The minimum absolute atomic E-state index is 0.384. The Morgan fingerprint density at radius 3 is 1.14 bits per heavy atom. The van der Waals surface area contributed by atoms with Gasteiger partial charge in [-0.3, -0.25) is 0 Å². The third-order valence-electron chi connectivity index (χ3n) is 19.6. The van der Waals surface area contributed by atoms with E-state index in [-0.39, 0.29) is 0 Å². The lowest BCUT2D eigenvalue weighted by Gasteiger charge is -2.37. The Bertz CT molecular complexity index is 5030. The van der Waals surface area contributed by atoms with Crippen molar-refractivity contribution < 1.29 is 0 Å². The zero-order valence-electron chi connectivity index (χ0n) is 53.4. The minimum atomic E-state index is -0.630. The first-order valence-corrected chi connectivity index (χ1v) is 35.2. The van der Waals surface area contributed by atoms with Crippen LogP contribution in [0.1, 0.15) is 45.4 Å². The van der Waals surface area contributed by atoms with Crippen molar-refractivity contribution in [1.82, 2.24) is 0 Å². The lowest BCUT2D eigenvalue weighted by Crippen LogP contribution is -2.30. The summed E-state index contributed by atoms with van der Waals surface area (Å²) in [5, 5.41) is 0.384. The standard InChI is InChI=1S/C92H70N2S2/c1-3-59-95-81-51-41-73(42-52-81)91(71-27-15-7-16-28-71)87-61-69(65-23-11-5-12-24-65)39-55-83(87)85-57-49-79(63-89(85)91)93(75-31-19-9-20-32-75)77-45-35-67(36-46-77)68-37-47-78(48-38-68)94(76-33-21-10-22-34-76)80-50-58-86-84-56-40-70(66-25-13-6-14-26-66)62-88(84)92(90(86)64-80,72-29-17-8-18-30-72)74-43-53-82(54-44-74)96-60-4-2/h3-53,55-58,61-64,82H,1-2,54,59-60H2. The van der Waals surface area contributed by atoms with Gasteiger partial charge in [0.1, 0.15) is 0 Å². The molecule has 0 fully saturated rings. The van der Waals surface area contributed by atoms with E-state index in [4.69, 9.17) is 0 Å². The van der Waals surface area contributed by atoms with Crippen molar-refractivity contribution in [3.8, 4) is 55.6 Å². The molecule has 4 heteroatoms. The van der Waals surface area contributed by atoms with Crippen LogP contribution in [-0.2, 0) is 10.8 Å². The highest BCUT2D eigenvalue weighted by atomic mass is 32.2. The number of allylic oxidation sites excluding steroid dienone is 3. The van der Waals surface area contributed by atoms with Crippen LogP contribution in [0, 0.1) is 0 Å². The van der Waals surface area contributed by atoms with E-state index >= 15 is 0 Å². The van der Waals surface area contributed by atoms with E-state index in [2.05, 4.69) is 369 Å². The molecule has 0 saturated carbocycles. The summed E-state index contributed by atoms with van der Waals surface area (Å²) >= 11 is 3.76. The highest BCUT2D eigenvalue weighted by molar-refractivity contribution is 8.00. The molecule has 13 aromatic rings. The third-order valence-corrected chi connectivity index (χ3v) is 21.8. The molecule has 3 aliphatic carbocycles. The van der Waals surface area contributed by atoms with Crippen LogP contribution < -0.4 is 9.80 Å². The summed E-state index contributed by atoms with van der Waals surface area (Å²) in [6.07, 6.45) is 12.3. The topological polar surface area (TPSA) is 6.48 Å². The SMILES string of the molecule is C=CCSc1ccc(C2(c3ccccc3)c3cc(-c4ccccc4)ccc3-c3ccc(N(c4ccccc4)c4ccc(-c5ccc(N(c6ccccc6)c6ccc7c(c6)C(C6=CCC(SCC=C)C=C6)(c6ccccc6)c6cc(-c8ccccc8)ccc6-7)cc5)cc4)cc32)cc1. The second-order valence-electron chi connectivity index (χ2n) is 24.9. The Balaban J connectivity index is 0.780. The summed E-state index contributed by atoms with van der Waals surface area (Å²) in [7, 11) is 0. The highest BCUT2D eigenvalue weighted by Gasteiger charge is 2.49. The first-order chi connectivity index (χ1) is 47.5. The van der Waals surface area contributed by atoms with Crippen LogP contribution in [0.15, 0.2) is 382 Å². The van der Waals surface area contributed by atoms with E-state index < -0.39 is 10.8 Å². The average Bonchev–Trinajstić information content (AvgIpc) is 1.53. The third kappa shape index (κ3) is 10.7. The van der Waals surface area contributed by atoms with Crippen molar-refractivity contribution in [3.05, 3.63) is 416 Å². The fraction of sp³-hybridized carbons (Fsp3) is 0.0652. The number of nitrogens with zero attached hydrogens (tertiary/aromatic N) is 2. The van der Waals surface area contributed by atoms with Crippen molar-refractivity contribution in [2.24, 2.45) is 0 Å². The molecule has 460 valence electrons. The predicted octanol–water partition coefficient (Wildman–Crippen LogP) is 24.8. The van der Waals surface area contributed by atoms with Crippen LogP contribution in [0.2, 0.25) is 0 Å². The molecule has 0 heterocycles. The summed E-state index contributed by atoms with van der Waals surface area (Å²) in [5.74, 6) is 1.77. The van der Waals surface area contributed by atoms with E-state index in [0.29, 0.717) is 5.25 Å². The monoisotopic (exact) mass is 1270 g/mol. The number of hydrogen-bond donors (Lipinski definition) is 0. The molecule has 0 amide bonds. The Morgan fingerprint density at radius 2 is 0.688 bits per heavy atom. The average molecular weight is 1270 g/mol. The number of rotatable bonds is 19. The summed E-state index contributed by atoms with van der Waals surface area (Å²) < 4.78 is 0. The van der Waals surface area contributed by atoms with E-state index in [1.54, 1.807) is 0 Å². The number of hydrogen-bond acceptors (Lipinski definition) is 4. The number of anilines is 6. The molecule has 0 saturated heterocycles. The molecule has 0 aliphatic heterocycles.